The summed E-state index contributed by atoms with van der Waals surface area (Å²) >= 11 is 0. The molecule has 3 N–H and O–H groups in total. The molecule has 1 aromatic carbocycles. The Morgan fingerprint density at radius 3 is 2.74 bits per heavy atom. The highest BCUT2D eigenvalue weighted by Gasteiger charge is 2.20. The number of hydrogen-bond donors (Lipinski definition) is 2. The normalized spacial score (nSPS) is 14.4. The maximum Gasteiger partial charge on any atom is 0.224 e. The largest absolute Gasteiger partial charge is 0.379 e. The summed E-state index contributed by atoms with van der Waals surface area (Å²) in [6.07, 6.45) is 2.97. The van der Waals surface area contributed by atoms with Crippen LogP contribution in [0.15, 0.2) is 24.3 Å². The summed E-state index contributed by atoms with van der Waals surface area (Å²) in [5.74, 6) is 0.794. The quantitative estimate of drug-likeness (QED) is 0.693. The zero-order valence-corrected chi connectivity index (χ0v) is 11.2. The van der Waals surface area contributed by atoms with Gasteiger partial charge in [0.2, 0.25) is 5.91 Å². The number of amides is 1. The molecule has 1 fully saturated rings. The van der Waals surface area contributed by atoms with Crippen LogP contribution in [0, 0.1) is 5.92 Å². The SMILES string of the molecule is NCc1ccccc1CC(=O)NCCOCC1CC1. The number of hydrogen-bond acceptors (Lipinski definition) is 3. The van der Waals surface area contributed by atoms with Gasteiger partial charge < -0.3 is 15.8 Å². The summed E-state index contributed by atoms with van der Waals surface area (Å²) in [6, 6.07) is 7.78. The standard InChI is InChI=1S/C15H22N2O2/c16-10-14-4-2-1-3-13(14)9-15(18)17-7-8-19-11-12-5-6-12/h1-4,12H,5-11,16H2,(H,17,18). The van der Waals surface area contributed by atoms with Gasteiger partial charge in [-0.05, 0) is 29.9 Å². The topological polar surface area (TPSA) is 64.4 Å². The van der Waals surface area contributed by atoms with E-state index >= 15 is 0 Å². The van der Waals surface area contributed by atoms with Gasteiger partial charge in [0.15, 0.2) is 0 Å². The molecule has 1 aromatic rings. The van der Waals surface area contributed by atoms with Gasteiger partial charge in [0.05, 0.1) is 13.0 Å². The first kappa shape index (κ1) is 14.0. The summed E-state index contributed by atoms with van der Waals surface area (Å²) in [7, 11) is 0. The molecule has 0 heterocycles. The lowest BCUT2D eigenvalue weighted by molar-refractivity contribution is -0.120. The Bertz CT molecular complexity index is 416. The molecule has 1 aliphatic rings. The second kappa shape index (κ2) is 7.26. The van der Waals surface area contributed by atoms with E-state index in [9.17, 15) is 4.79 Å². The summed E-state index contributed by atoms with van der Waals surface area (Å²) in [5, 5.41) is 2.87. The van der Waals surface area contributed by atoms with E-state index in [1.165, 1.54) is 12.8 Å². The van der Waals surface area contributed by atoms with E-state index in [0.717, 1.165) is 23.7 Å². The number of nitrogens with two attached hydrogens (primary N) is 1. The predicted octanol–water partition coefficient (Wildman–Crippen LogP) is 1.23. The highest BCUT2D eigenvalue weighted by atomic mass is 16.5. The summed E-state index contributed by atoms with van der Waals surface area (Å²) in [5.41, 5.74) is 7.68. The fourth-order valence-corrected chi connectivity index (χ4v) is 1.96. The Morgan fingerprint density at radius 2 is 2.05 bits per heavy atom. The van der Waals surface area contributed by atoms with Crippen molar-refractivity contribution in [2.24, 2.45) is 11.7 Å². The van der Waals surface area contributed by atoms with Crippen molar-refractivity contribution in [1.29, 1.82) is 0 Å². The maximum atomic E-state index is 11.8. The molecule has 1 saturated carbocycles. The third kappa shape index (κ3) is 5.01. The minimum atomic E-state index is 0.0240. The Hall–Kier alpha value is -1.39. The van der Waals surface area contributed by atoms with E-state index in [0.29, 0.717) is 26.1 Å². The van der Waals surface area contributed by atoms with Crippen LogP contribution in [0.2, 0.25) is 0 Å². The molecular formula is C15H22N2O2. The van der Waals surface area contributed by atoms with Crippen molar-refractivity contribution in [3.8, 4) is 0 Å². The average molecular weight is 262 g/mol. The average Bonchev–Trinajstić information content (AvgIpc) is 3.23. The third-order valence-electron chi connectivity index (χ3n) is 3.31. The van der Waals surface area contributed by atoms with Crippen LogP contribution in [0.5, 0.6) is 0 Å². The predicted molar refractivity (Wildman–Crippen MR) is 74.6 cm³/mol. The zero-order valence-electron chi connectivity index (χ0n) is 11.2. The smallest absolute Gasteiger partial charge is 0.224 e. The molecule has 0 aliphatic heterocycles. The van der Waals surface area contributed by atoms with Gasteiger partial charge in [0.1, 0.15) is 0 Å². The van der Waals surface area contributed by atoms with Gasteiger partial charge in [-0.1, -0.05) is 24.3 Å². The van der Waals surface area contributed by atoms with Crippen molar-refractivity contribution in [2.75, 3.05) is 19.8 Å². The lowest BCUT2D eigenvalue weighted by Gasteiger charge is -2.09. The van der Waals surface area contributed by atoms with E-state index in [2.05, 4.69) is 5.32 Å². The monoisotopic (exact) mass is 262 g/mol. The number of carbonyl (C=O) groups is 1. The molecule has 0 unspecified atom stereocenters. The Morgan fingerprint density at radius 1 is 1.32 bits per heavy atom. The molecule has 0 saturated heterocycles. The van der Waals surface area contributed by atoms with Crippen LogP contribution in [0.25, 0.3) is 0 Å². The molecule has 104 valence electrons. The molecule has 4 nitrogen and oxygen atoms in total. The molecule has 1 aliphatic carbocycles. The van der Waals surface area contributed by atoms with Gasteiger partial charge in [-0.3, -0.25) is 4.79 Å². The van der Waals surface area contributed by atoms with Crippen molar-refractivity contribution >= 4 is 5.91 Å². The van der Waals surface area contributed by atoms with Gasteiger partial charge in [-0.15, -0.1) is 0 Å². The van der Waals surface area contributed by atoms with Crippen LogP contribution in [0.3, 0.4) is 0 Å². The van der Waals surface area contributed by atoms with Crippen LogP contribution in [-0.4, -0.2) is 25.7 Å². The number of nitrogens with one attached hydrogen (secondary N) is 1. The number of rotatable bonds is 8. The van der Waals surface area contributed by atoms with Gasteiger partial charge in [0.25, 0.3) is 0 Å². The van der Waals surface area contributed by atoms with Crippen LogP contribution in [0.4, 0.5) is 0 Å². The summed E-state index contributed by atoms with van der Waals surface area (Å²) in [4.78, 5) is 11.8. The van der Waals surface area contributed by atoms with Crippen LogP contribution < -0.4 is 11.1 Å². The second-order valence-corrected chi connectivity index (χ2v) is 5.02. The Labute approximate surface area is 114 Å². The van der Waals surface area contributed by atoms with Gasteiger partial charge in [-0.2, -0.15) is 0 Å². The van der Waals surface area contributed by atoms with Gasteiger partial charge in [0, 0.05) is 19.7 Å². The molecular weight excluding hydrogens is 240 g/mol. The van der Waals surface area contributed by atoms with Crippen LogP contribution in [0.1, 0.15) is 24.0 Å². The molecule has 0 atom stereocenters. The molecule has 0 spiro atoms. The second-order valence-electron chi connectivity index (χ2n) is 5.02. The molecule has 1 amide bonds. The first-order chi connectivity index (χ1) is 9.29. The zero-order chi connectivity index (χ0) is 13.5. The van der Waals surface area contributed by atoms with E-state index in [1.807, 2.05) is 24.3 Å². The van der Waals surface area contributed by atoms with Crippen molar-refractivity contribution < 1.29 is 9.53 Å². The lowest BCUT2D eigenvalue weighted by atomic mass is 10.0. The van der Waals surface area contributed by atoms with Crippen molar-refractivity contribution in [2.45, 2.75) is 25.8 Å². The summed E-state index contributed by atoms with van der Waals surface area (Å²) in [6.45, 7) is 2.48. The molecule has 19 heavy (non-hydrogen) atoms. The van der Waals surface area contributed by atoms with Crippen LogP contribution >= 0.6 is 0 Å². The molecule has 4 heteroatoms. The highest BCUT2D eigenvalue weighted by Crippen LogP contribution is 2.28. The van der Waals surface area contributed by atoms with Gasteiger partial charge >= 0.3 is 0 Å². The van der Waals surface area contributed by atoms with E-state index in [-0.39, 0.29) is 5.91 Å². The highest BCUT2D eigenvalue weighted by molar-refractivity contribution is 5.78. The van der Waals surface area contributed by atoms with Gasteiger partial charge in [-0.25, -0.2) is 0 Å². The number of carbonyl (C=O) groups excluding carboxylic acids is 1. The minimum absolute atomic E-state index is 0.0240. The fourth-order valence-electron chi connectivity index (χ4n) is 1.96. The first-order valence-corrected chi connectivity index (χ1v) is 6.91. The van der Waals surface area contributed by atoms with Crippen LogP contribution in [-0.2, 0) is 22.5 Å². The lowest BCUT2D eigenvalue weighted by Crippen LogP contribution is -2.29. The van der Waals surface area contributed by atoms with E-state index in [1.54, 1.807) is 0 Å². The van der Waals surface area contributed by atoms with E-state index in [4.69, 9.17) is 10.5 Å². The first-order valence-electron chi connectivity index (χ1n) is 6.91. The van der Waals surface area contributed by atoms with Crippen molar-refractivity contribution in [3.05, 3.63) is 35.4 Å². The fraction of sp³-hybridized carbons (Fsp3) is 0.533. The molecule has 0 radical (unpaired) electrons. The van der Waals surface area contributed by atoms with Crippen molar-refractivity contribution in [3.63, 3.8) is 0 Å². The molecule has 2 rings (SSSR count). The molecule has 0 aromatic heterocycles. The van der Waals surface area contributed by atoms with Crippen molar-refractivity contribution in [1.82, 2.24) is 5.32 Å². The summed E-state index contributed by atoms with van der Waals surface area (Å²) < 4.78 is 5.47. The third-order valence-corrected chi connectivity index (χ3v) is 3.31. The molecule has 0 bridgehead atoms. The number of ether oxygens (including phenoxy) is 1. The van der Waals surface area contributed by atoms with E-state index < -0.39 is 0 Å². The maximum absolute atomic E-state index is 11.8. The number of benzene rings is 1. The Balaban J connectivity index is 1.65. The minimum Gasteiger partial charge on any atom is -0.379 e. The Kier molecular flexibility index (Phi) is 5.36.